The Bertz CT molecular complexity index is 678. The minimum absolute atomic E-state index is 0.284. The summed E-state index contributed by atoms with van der Waals surface area (Å²) in [5, 5.41) is 8.99. The zero-order chi connectivity index (χ0) is 15.2. The Morgan fingerprint density at radius 2 is 1.81 bits per heavy atom. The van der Waals surface area contributed by atoms with Gasteiger partial charge in [-0.1, -0.05) is 0 Å². The molecular formula is C16H16N2O3. The highest BCUT2D eigenvalue weighted by Crippen LogP contribution is 2.26. The van der Waals surface area contributed by atoms with Gasteiger partial charge in [0.1, 0.15) is 23.9 Å². The molecule has 0 bridgehead atoms. The average molecular weight is 284 g/mol. The van der Waals surface area contributed by atoms with E-state index in [2.05, 4.69) is 6.07 Å². The zero-order valence-corrected chi connectivity index (χ0v) is 11.9. The van der Waals surface area contributed by atoms with Crippen molar-refractivity contribution in [2.75, 3.05) is 20.0 Å². The van der Waals surface area contributed by atoms with Gasteiger partial charge in [0.05, 0.1) is 25.9 Å². The van der Waals surface area contributed by atoms with E-state index in [0.717, 1.165) is 5.56 Å². The number of nitrogens with zero attached hydrogens (tertiary/aromatic N) is 1. The number of nitrogen functional groups attached to an aromatic ring is 1. The fourth-order valence-corrected chi connectivity index (χ4v) is 1.91. The van der Waals surface area contributed by atoms with Crippen molar-refractivity contribution in [1.29, 1.82) is 5.26 Å². The van der Waals surface area contributed by atoms with Gasteiger partial charge in [0.15, 0.2) is 0 Å². The summed E-state index contributed by atoms with van der Waals surface area (Å²) in [7, 11) is 3.13. The van der Waals surface area contributed by atoms with Gasteiger partial charge in [0.2, 0.25) is 0 Å². The molecule has 0 amide bonds. The van der Waals surface area contributed by atoms with Crippen LogP contribution < -0.4 is 19.9 Å². The molecule has 2 aromatic rings. The van der Waals surface area contributed by atoms with Gasteiger partial charge in [-0.2, -0.15) is 5.26 Å². The van der Waals surface area contributed by atoms with E-state index in [-0.39, 0.29) is 6.61 Å². The Labute approximate surface area is 123 Å². The summed E-state index contributed by atoms with van der Waals surface area (Å²) in [6.07, 6.45) is 0. The highest BCUT2D eigenvalue weighted by molar-refractivity contribution is 5.48. The SMILES string of the molecule is COc1cc(C#N)cc(OCc2cc(N)ccc2OC)c1. The molecule has 108 valence electrons. The lowest BCUT2D eigenvalue weighted by Crippen LogP contribution is -2.00. The molecule has 0 unspecified atom stereocenters. The molecule has 0 aliphatic heterocycles. The zero-order valence-electron chi connectivity index (χ0n) is 11.9. The smallest absolute Gasteiger partial charge is 0.125 e. The predicted octanol–water partition coefficient (Wildman–Crippen LogP) is 2.74. The van der Waals surface area contributed by atoms with Gasteiger partial charge in [-0.05, 0) is 30.3 Å². The molecule has 0 spiro atoms. The van der Waals surface area contributed by atoms with Gasteiger partial charge in [0, 0.05) is 17.3 Å². The maximum atomic E-state index is 8.99. The molecular weight excluding hydrogens is 268 g/mol. The number of nitriles is 1. The number of ether oxygens (including phenoxy) is 3. The fraction of sp³-hybridized carbons (Fsp3) is 0.188. The molecule has 2 rings (SSSR count). The first-order valence-corrected chi connectivity index (χ1v) is 6.30. The summed E-state index contributed by atoms with van der Waals surface area (Å²) < 4.78 is 16.1. The van der Waals surface area contributed by atoms with Crippen LogP contribution in [-0.4, -0.2) is 14.2 Å². The fourth-order valence-electron chi connectivity index (χ4n) is 1.91. The molecule has 5 heteroatoms. The molecule has 0 saturated heterocycles. The predicted molar refractivity (Wildman–Crippen MR) is 79.4 cm³/mol. The van der Waals surface area contributed by atoms with Crippen LogP contribution in [0.5, 0.6) is 17.2 Å². The van der Waals surface area contributed by atoms with Crippen molar-refractivity contribution in [3.05, 3.63) is 47.5 Å². The molecule has 2 aromatic carbocycles. The normalized spacial score (nSPS) is 9.76. The van der Waals surface area contributed by atoms with Crippen LogP contribution in [0.15, 0.2) is 36.4 Å². The van der Waals surface area contributed by atoms with Crippen molar-refractivity contribution in [2.24, 2.45) is 0 Å². The van der Waals surface area contributed by atoms with Crippen molar-refractivity contribution in [2.45, 2.75) is 6.61 Å². The van der Waals surface area contributed by atoms with Gasteiger partial charge in [0.25, 0.3) is 0 Å². The maximum Gasteiger partial charge on any atom is 0.125 e. The van der Waals surface area contributed by atoms with E-state index in [1.165, 1.54) is 0 Å². The lowest BCUT2D eigenvalue weighted by molar-refractivity contribution is 0.294. The first-order chi connectivity index (χ1) is 10.2. The van der Waals surface area contributed by atoms with Gasteiger partial charge < -0.3 is 19.9 Å². The number of nitrogens with two attached hydrogens (primary N) is 1. The molecule has 0 radical (unpaired) electrons. The molecule has 5 nitrogen and oxygen atoms in total. The summed E-state index contributed by atoms with van der Waals surface area (Å²) in [6, 6.07) is 12.4. The molecule has 0 atom stereocenters. The van der Waals surface area contributed by atoms with E-state index in [0.29, 0.717) is 28.5 Å². The Kier molecular flexibility index (Phi) is 4.52. The third-order valence-corrected chi connectivity index (χ3v) is 2.94. The second-order valence-corrected chi connectivity index (χ2v) is 4.37. The molecule has 0 aliphatic carbocycles. The van der Waals surface area contributed by atoms with Crippen LogP contribution in [0.1, 0.15) is 11.1 Å². The van der Waals surface area contributed by atoms with Gasteiger partial charge in [-0.3, -0.25) is 0 Å². The Balaban J connectivity index is 2.20. The Morgan fingerprint density at radius 1 is 1.05 bits per heavy atom. The van der Waals surface area contributed by atoms with Crippen LogP contribution in [0.4, 0.5) is 5.69 Å². The summed E-state index contributed by atoms with van der Waals surface area (Å²) in [4.78, 5) is 0. The van der Waals surface area contributed by atoms with Crippen molar-refractivity contribution in [3.8, 4) is 23.3 Å². The Morgan fingerprint density at radius 3 is 2.48 bits per heavy atom. The lowest BCUT2D eigenvalue weighted by Gasteiger charge is -2.12. The third-order valence-electron chi connectivity index (χ3n) is 2.94. The van der Waals surface area contributed by atoms with Crippen LogP contribution in [0.25, 0.3) is 0 Å². The molecule has 0 saturated carbocycles. The number of benzene rings is 2. The first kappa shape index (κ1) is 14.5. The molecule has 21 heavy (non-hydrogen) atoms. The van der Waals surface area contributed by atoms with E-state index in [9.17, 15) is 0 Å². The summed E-state index contributed by atoms with van der Waals surface area (Å²) >= 11 is 0. The van der Waals surface area contributed by atoms with Gasteiger partial charge in [-0.15, -0.1) is 0 Å². The average Bonchev–Trinajstić information content (AvgIpc) is 2.52. The van der Waals surface area contributed by atoms with Crippen LogP contribution in [-0.2, 0) is 6.61 Å². The maximum absolute atomic E-state index is 8.99. The van der Waals surface area contributed by atoms with Crippen molar-refractivity contribution in [3.63, 3.8) is 0 Å². The number of anilines is 1. The molecule has 0 aliphatic rings. The van der Waals surface area contributed by atoms with Gasteiger partial charge in [-0.25, -0.2) is 0 Å². The largest absolute Gasteiger partial charge is 0.497 e. The van der Waals surface area contributed by atoms with Crippen LogP contribution in [0.2, 0.25) is 0 Å². The molecule has 2 N–H and O–H groups in total. The van der Waals surface area contributed by atoms with E-state index < -0.39 is 0 Å². The minimum Gasteiger partial charge on any atom is -0.497 e. The van der Waals surface area contributed by atoms with Crippen LogP contribution >= 0.6 is 0 Å². The second kappa shape index (κ2) is 6.53. The van der Waals surface area contributed by atoms with Crippen LogP contribution in [0, 0.1) is 11.3 Å². The Hall–Kier alpha value is -2.87. The van der Waals surface area contributed by atoms with Crippen molar-refractivity contribution in [1.82, 2.24) is 0 Å². The number of rotatable bonds is 5. The standard InChI is InChI=1S/C16H16N2O3/c1-19-14-5-11(9-17)6-15(8-14)21-10-12-7-13(18)3-4-16(12)20-2/h3-8H,10,18H2,1-2H3. The number of methoxy groups -OCH3 is 2. The van der Waals surface area contributed by atoms with E-state index in [1.807, 2.05) is 0 Å². The minimum atomic E-state index is 0.284. The molecule has 0 fully saturated rings. The summed E-state index contributed by atoms with van der Waals surface area (Å²) in [6.45, 7) is 0.284. The second-order valence-electron chi connectivity index (χ2n) is 4.37. The number of hydrogen-bond acceptors (Lipinski definition) is 5. The first-order valence-electron chi connectivity index (χ1n) is 6.30. The molecule has 0 heterocycles. The highest BCUT2D eigenvalue weighted by atomic mass is 16.5. The van der Waals surface area contributed by atoms with Crippen molar-refractivity contribution < 1.29 is 14.2 Å². The number of hydrogen-bond donors (Lipinski definition) is 1. The molecule has 0 aromatic heterocycles. The third kappa shape index (κ3) is 3.57. The summed E-state index contributed by atoms with van der Waals surface area (Å²) in [5.74, 6) is 1.83. The monoisotopic (exact) mass is 284 g/mol. The van der Waals surface area contributed by atoms with Crippen molar-refractivity contribution >= 4 is 5.69 Å². The van der Waals surface area contributed by atoms with Gasteiger partial charge >= 0.3 is 0 Å². The van der Waals surface area contributed by atoms with E-state index >= 15 is 0 Å². The quantitative estimate of drug-likeness (QED) is 0.854. The topological polar surface area (TPSA) is 77.5 Å². The highest BCUT2D eigenvalue weighted by Gasteiger charge is 2.07. The van der Waals surface area contributed by atoms with E-state index in [4.69, 9.17) is 25.2 Å². The van der Waals surface area contributed by atoms with E-state index in [1.54, 1.807) is 50.6 Å². The summed E-state index contributed by atoms with van der Waals surface area (Å²) in [5.41, 5.74) is 7.71. The lowest BCUT2D eigenvalue weighted by atomic mass is 10.2. The van der Waals surface area contributed by atoms with Crippen LogP contribution in [0.3, 0.4) is 0 Å².